The first-order chi connectivity index (χ1) is 14.8. The average Bonchev–Trinajstić information content (AvgIpc) is 2.72. The van der Waals surface area contributed by atoms with Gasteiger partial charge in [-0.25, -0.2) is 9.18 Å². The van der Waals surface area contributed by atoms with E-state index in [0.717, 1.165) is 5.56 Å². The maximum absolute atomic E-state index is 13.2. The highest BCUT2D eigenvalue weighted by atomic mass is 79.9. The Hall–Kier alpha value is -2.48. The summed E-state index contributed by atoms with van der Waals surface area (Å²) < 4.78 is 25.2. The van der Waals surface area contributed by atoms with E-state index >= 15 is 0 Å². The maximum atomic E-state index is 13.2. The summed E-state index contributed by atoms with van der Waals surface area (Å²) >= 11 is 15.5. The molecule has 0 saturated carbocycles. The van der Waals surface area contributed by atoms with Gasteiger partial charge in [0.25, 0.3) is 0 Å². The number of nitrogens with one attached hydrogen (secondary N) is 1. The van der Waals surface area contributed by atoms with Gasteiger partial charge in [-0.2, -0.15) is 0 Å². The van der Waals surface area contributed by atoms with E-state index < -0.39 is 11.8 Å². The standard InChI is InChI=1S/C22H17BrCl2FNO4/c1-30-20-7-12(10-27-15-4-5-18(24)16(9-15)22(28)29)6-17(23)21(20)31-11-13-2-3-14(26)8-19(13)25/h2-9,27H,10-11H2,1H3,(H,28,29). The van der Waals surface area contributed by atoms with Crippen molar-refractivity contribution in [2.75, 3.05) is 12.4 Å². The topological polar surface area (TPSA) is 67.8 Å². The van der Waals surface area contributed by atoms with Crippen molar-refractivity contribution in [1.29, 1.82) is 0 Å². The lowest BCUT2D eigenvalue weighted by atomic mass is 10.1. The van der Waals surface area contributed by atoms with Gasteiger partial charge in [0.2, 0.25) is 0 Å². The Kier molecular flexibility index (Phi) is 7.64. The molecular formula is C22H17BrCl2FNO4. The van der Waals surface area contributed by atoms with Crippen molar-refractivity contribution < 1.29 is 23.8 Å². The zero-order valence-corrected chi connectivity index (χ0v) is 19.3. The second-order valence-corrected chi connectivity index (χ2v) is 8.16. The SMILES string of the molecule is COc1cc(CNc2ccc(Cl)c(C(=O)O)c2)cc(Br)c1OCc1ccc(F)cc1Cl. The molecule has 162 valence electrons. The van der Waals surface area contributed by atoms with Crippen LogP contribution in [0.25, 0.3) is 0 Å². The molecule has 0 aliphatic rings. The van der Waals surface area contributed by atoms with Gasteiger partial charge < -0.3 is 19.9 Å². The van der Waals surface area contributed by atoms with E-state index in [1.54, 1.807) is 18.2 Å². The number of ether oxygens (including phenoxy) is 2. The molecule has 5 nitrogen and oxygen atoms in total. The van der Waals surface area contributed by atoms with Gasteiger partial charge in [0, 0.05) is 17.8 Å². The highest BCUT2D eigenvalue weighted by molar-refractivity contribution is 9.10. The number of carbonyl (C=O) groups is 1. The number of aromatic carboxylic acids is 1. The van der Waals surface area contributed by atoms with Gasteiger partial charge in [-0.15, -0.1) is 0 Å². The van der Waals surface area contributed by atoms with Gasteiger partial charge in [-0.1, -0.05) is 29.3 Å². The van der Waals surface area contributed by atoms with Gasteiger partial charge in [-0.05, 0) is 64.0 Å². The summed E-state index contributed by atoms with van der Waals surface area (Å²) in [6.07, 6.45) is 0. The Labute approximate surface area is 196 Å². The van der Waals surface area contributed by atoms with Crippen LogP contribution in [-0.2, 0) is 13.2 Å². The lowest BCUT2D eigenvalue weighted by molar-refractivity contribution is 0.0697. The van der Waals surface area contributed by atoms with Crippen LogP contribution in [0, 0.1) is 5.82 Å². The van der Waals surface area contributed by atoms with Crippen molar-refractivity contribution in [3.05, 3.63) is 85.6 Å². The van der Waals surface area contributed by atoms with E-state index in [1.165, 1.54) is 31.4 Å². The number of halogens is 4. The van der Waals surface area contributed by atoms with Gasteiger partial charge in [0.05, 0.1) is 27.2 Å². The summed E-state index contributed by atoms with van der Waals surface area (Å²) in [5, 5.41) is 12.8. The van der Waals surface area contributed by atoms with E-state index in [0.29, 0.717) is 33.8 Å². The van der Waals surface area contributed by atoms with E-state index in [2.05, 4.69) is 21.2 Å². The molecule has 3 rings (SSSR count). The molecular weight excluding hydrogens is 512 g/mol. The number of methoxy groups -OCH3 is 1. The number of carboxylic acid groups (broad SMARTS) is 1. The largest absolute Gasteiger partial charge is 0.493 e. The van der Waals surface area contributed by atoms with Gasteiger partial charge in [-0.3, -0.25) is 0 Å². The molecule has 0 aliphatic carbocycles. The Balaban J connectivity index is 1.74. The predicted octanol–water partition coefficient (Wildman–Crippen LogP) is 6.79. The molecule has 0 radical (unpaired) electrons. The number of hydrogen-bond acceptors (Lipinski definition) is 4. The van der Waals surface area contributed by atoms with Crippen molar-refractivity contribution in [3.63, 3.8) is 0 Å². The number of hydrogen-bond donors (Lipinski definition) is 2. The molecule has 0 fully saturated rings. The minimum absolute atomic E-state index is 0.0219. The zero-order chi connectivity index (χ0) is 22.5. The average molecular weight is 529 g/mol. The van der Waals surface area contributed by atoms with Gasteiger partial charge >= 0.3 is 5.97 Å². The lowest BCUT2D eigenvalue weighted by Gasteiger charge is -2.16. The first kappa shape index (κ1) is 23.2. The Morgan fingerprint density at radius 2 is 1.90 bits per heavy atom. The second-order valence-electron chi connectivity index (χ2n) is 6.49. The quantitative estimate of drug-likeness (QED) is 0.337. The molecule has 9 heteroatoms. The molecule has 0 amide bonds. The molecule has 31 heavy (non-hydrogen) atoms. The summed E-state index contributed by atoms with van der Waals surface area (Å²) in [5.41, 5.74) is 2.14. The minimum Gasteiger partial charge on any atom is -0.493 e. The molecule has 0 atom stereocenters. The van der Waals surface area contributed by atoms with Crippen molar-refractivity contribution in [2.45, 2.75) is 13.2 Å². The second kappa shape index (κ2) is 10.2. The molecule has 0 aliphatic heterocycles. The highest BCUT2D eigenvalue weighted by Gasteiger charge is 2.14. The van der Waals surface area contributed by atoms with Crippen LogP contribution in [0.15, 0.2) is 53.0 Å². The monoisotopic (exact) mass is 527 g/mol. The molecule has 2 N–H and O–H groups in total. The summed E-state index contributed by atoms with van der Waals surface area (Å²) in [4.78, 5) is 11.2. The number of carboxylic acids is 1. The molecule has 0 spiro atoms. The first-order valence-corrected chi connectivity index (χ1v) is 10.5. The fraction of sp³-hybridized carbons (Fsp3) is 0.136. The third-order valence-corrected chi connectivity index (χ3v) is 5.64. The normalized spacial score (nSPS) is 10.6. The minimum atomic E-state index is -1.10. The van der Waals surface area contributed by atoms with Crippen LogP contribution in [0.5, 0.6) is 11.5 Å². The van der Waals surface area contributed by atoms with Crippen molar-refractivity contribution >= 4 is 50.8 Å². The fourth-order valence-corrected chi connectivity index (χ4v) is 3.83. The third-order valence-electron chi connectivity index (χ3n) is 4.37. The summed E-state index contributed by atoms with van der Waals surface area (Å²) in [7, 11) is 1.52. The molecule has 3 aromatic rings. The van der Waals surface area contributed by atoms with Crippen LogP contribution in [0.1, 0.15) is 21.5 Å². The van der Waals surface area contributed by atoms with E-state index in [4.69, 9.17) is 32.7 Å². The third kappa shape index (κ3) is 5.81. The molecule has 0 bridgehead atoms. The molecule has 0 heterocycles. The molecule has 3 aromatic carbocycles. The van der Waals surface area contributed by atoms with Gasteiger partial charge in [0.1, 0.15) is 12.4 Å². The lowest BCUT2D eigenvalue weighted by Crippen LogP contribution is -2.04. The maximum Gasteiger partial charge on any atom is 0.337 e. The summed E-state index contributed by atoms with van der Waals surface area (Å²) in [5.74, 6) is -0.542. The Morgan fingerprint density at radius 3 is 2.58 bits per heavy atom. The Bertz CT molecular complexity index is 1130. The van der Waals surface area contributed by atoms with Crippen LogP contribution in [0.2, 0.25) is 10.0 Å². The molecule has 0 aromatic heterocycles. The van der Waals surface area contributed by atoms with E-state index in [-0.39, 0.29) is 22.2 Å². The van der Waals surface area contributed by atoms with Crippen LogP contribution in [-0.4, -0.2) is 18.2 Å². The first-order valence-electron chi connectivity index (χ1n) is 8.98. The van der Waals surface area contributed by atoms with Gasteiger partial charge in [0.15, 0.2) is 11.5 Å². The number of benzene rings is 3. The number of anilines is 1. The van der Waals surface area contributed by atoms with Crippen molar-refractivity contribution in [1.82, 2.24) is 0 Å². The smallest absolute Gasteiger partial charge is 0.337 e. The van der Waals surface area contributed by atoms with E-state index in [9.17, 15) is 14.3 Å². The summed E-state index contributed by atoms with van der Waals surface area (Å²) in [6, 6.07) is 12.5. The van der Waals surface area contributed by atoms with Crippen molar-refractivity contribution in [2.24, 2.45) is 0 Å². The van der Waals surface area contributed by atoms with Crippen LogP contribution < -0.4 is 14.8 Å². The fourth-order valence-electron chi connectivity index (χ4n) is 2.81. The van der Waals surface area contributed by atoms with Crippen LogP contribution >= 0.6 is 39.1 Å². The number of rotatable bonds is 8. The van der Waals surface area contributed by atoms with E-state index in [1.807, 2.05) is 6.07 Å². The van der Waals surface area contributed by atoms with Crippen molar-refractivity contribution in [3.8, 4) is 11.5 Å². The zero-order valence-electron chi connectivity index (χ0n) is 16.2. The van der Waals surface area contributed by atoms with Crippen LogP contribution in [0.4, 0.5) is 10.1 Å². The predicted molar refractivity (Wildman–Crippen MR) is 122 cm³/mol. The highest BCUT2D eigenvalue weighted by Crippen LogP contribution is 2.38. The molecule has 0 saturated heterocycles. The summed E-state index contributed by atoms with van der Waals surface area (Å²) in [6.45, 7) is 0.536. The molecule has 0 unspecified atom stereocenters. The Morgan fingerprint density at radius 1 is 1.13 bits per heavy atom. The van der Waals surface area contributed by atoms with Crippen LogP contribution in [0.3, 0.4) is 0 Å².